The van der Waals surface area contributed by atoms with E-state index >= 15 is 0 Å². The first-order chi connectivity index (χ1) is 44.4. The largest absolute Gasteiger partial charge is 0.388 e. The second kappa shape index (κ2) is 40.4. The number of anilines is 1. The summed E-state index contributed by atoms with van der Waals surface area (Å²) < 4.78 is 9.88. The number of hydrogen-bond donors (Lipinski definition) is 13. The highest BCUT2D eigenvalue weighted by atomic mass is 16.2. The molecule has 36 nitrogen and oxygen atoms in total. The predicted molar refractivity (Wildman–Crippen MR) is 362 cm³/mol. The van der Waals surface area contributed by atoms with Gasteiger partial charge in [0.1, 0.15) is 5.82 Å². The Morgan fingerprint density at radius 3 is 1.04 bits per heavy atom. The molecule has 8 aromatic rings. The molecule has 8 heterocycles. The minimum Gasteiger partial charge on any atom is -0.388 e. The Labute approximate surface area is 539 Å². The SMILES string of the molecule is CCC(=N)CCCn1cc(C)c(=O)[nH]c1=O.CCCCn1cc(C)c(=O)[nH]c1=O.Cc1c[nH]c(=O)[nH]c1=O.Cc1cn(C)c(=O)[nH]c1=O.Cc1cn(C)c(=O)[nH]c1=O.Cc1cn(C)c(=O)nc1N.Cc1cn(CCCC(=N)N)c(=O)[nH]c1=O.Cc1cn(CCN)c(=O)[nH]c1=O. The first kappa shape index (κ1) is 81.6. The van der Waals surface area contributed by atoms with Crippen molar-refractivity contribution in [2.24, 2.45) is 32.6 Å². The van der Waals surface area contributed by atoms with Gasteiger partial charge < -0.3 is 55.0 Å². The van der Waals surface area contributed by atoms with Crippen LogP contribution in [-0.4, -0.2) is 94.9 Å². The molecular formula is C59H87N21O15. The van der Waals surface area contributed by atoms with Gasteiger partial charge in [0.25, 0.3) is 38.9 Å². The fourth-order valence-corrected chi connectivity index (χ4v) is 7.23. The van der Waals surface area contributed by atoms with E-state index in [4.69, 9.17) is 28.0 Å². The normalized spacial score (nSPS) is 10.0. The van der Waals surface area contributed by atoms with Crippen molar-refractivity contribution >= 4 is 17.4 Å². The Bertz CT molecular complexity index is 4710. The van der Waals surface area contributed by atoms with Crippen LogP contribution >= 0.6 is 0 Å². The quantitative estimate of drug-likeness (QED) is 0.0409. The van der Waals surface area contributed by atoms with Gasteiger partial charge in [-0.25, -0.2) is 38.4 Å². The molecule has 0 aliphatic rings. The molecule has 16 N–H and O–H groups in total. The number of H-pyrrole nitrogens is 8. The molecule has 0 unspecified atom stereocenters. The van der Waals surface area contributed by atoms with Crippen LogP contribution < -0.4 is 102 Å². The van der Waals surface area contributed by atoms with Gasteiger partial charge in [0.2, 0.25) is 0 Å². The molecule has 518 valence electrons. The molecule has 0 saturated heterocycles. The van der Waals surface area contributed by atoms with E-state index in [1.54, 1.807) is 92.8 Å². The van der Waals surface area contributed by atoms with Gasteiger partial charge in [0, 0.05) is 160 Å². The number of hydrogen-bond acceptors (Lipinski definition) is 20. The van der Waals surface area contributed by atoms with E-state index in [2.05, 4.69) is 51.8 Å². The van der Waals surface area contributed by atoms with Gasteiger partial charge >= 0.3 is 45.5 Å². The van der Waals surface area contributed by atoms with E-state index in [0.29, 0.717) is 102 Å². The summed E-state index contributed by atoms with van der Waals surface area (Å²) in [6, 6.07) is 0. The zero-order valence-electron chi connectivity index (χ0n) is 55.5. The number of rotatable bonds is 14. The second-order valence-electron chi connectivity index (χ2n) is 21.2. The minimum atomic E-state index is -0.467. The first-order valence-electron chi connectivity index (χ1n) is 29.3. The molecule has 0 fully saturated rings. The maximum absolute atomic E-state index is 11.4. The Kier molecular flexibility index (Phi) is 34.7. The average molecular weight is 1330 g/mol. The molecule has 8 rings (SSSR count). The zero-order chi connectivity index (χ0) is 72.6. The fraction of sp³-hybridized carbons (Fsp3) is 0.424. The van der Waals surface area contributed by atoms with E-state index in [1.165, 1.54) is 58.4 Å². The number of nitrogens with two attached hydrogens (primary N) is 3. The van der Waals surface area contributed by atoms with Crippen molar-refractivity contribution in [3.8, 4) is 0 Å². The van der Waals surface area contributed by atoms with Crippen LogP contribution in [0.15, 0.2) is 121 Å². The van der Waals surface area contributed by atoms with E-state index in [-0.39, 0.29) is 73.2 Å². The third-order valence-corrected chi connectivity index (χ3v) is 12.9. The summed E-state index contributed by atoms with van der Waals surface area (Å²) in [6.07, 6.45) is 17.5. The van der Waals surface area contributed by atoms with Crippen LogP contribution in [0.3, 0.4) is 0 Å². The lowest BCUT2D eigenvalue weighted by Gasteiger charge is -2.05. The molecule has 0 saturated carbocycles. The Morgan fingerprint density at radius 1 is 0.421 bits per heavy atom. The third-order valence-electron chi connectivity index (χ3n) is 12.9. The van der Waals surface area contributed by atoms with Crippen LogP contribution in [0.4, 0.5) is 5.82 Å². The van der Waals surface area contributed by atoms with Crippen molar-refractivity contribution in [3.05, 3.63) is 250 Å². The molecule has 8 aromatic heterocycles. The van der Waals surface area contributed by atoms with Gasteiger partial charge in [0.15, 0.2) is 0 Å². The summed E-state index contributed by atoms with van der Waals surface area (Å²) in [4.78, 5) is 185. The molecule has 0 aromatic carbocycles. The second-order valence-corrected chi connectivity index (χ2v) is 21.2. The number of nitrogen functional groups attached to an aromatic ring is 1. The molecule has 0 atom stereocenters. The van der Waals surface area contributed by atoms with Gasteiger partial charge in [-0.05, 0) is 87.5 Å². The van der Waals surface area contributed by atoms with E-state index in [1.807, 2.05) is 13.8 Å². The highest BCUT2D eigenvalue weighted by Crippen LogP contribution is 2.00. The number of nitrogens with one attached hydrogen (secondary N) is 10. The monoisotopic (exact) mass is 1330 g/mol. The van der Waals surface area contributed by atoms with Gasteiger partial charge in [-0.3, -0.25) is 78.4 Å². The van der Waals surface area contributed by atoms with Crippen LogP contribution in [0.1, 0.15) is 103 Å². The Morgan fingerprint density at radius 2 is 0.737 bits per heavy atom. The van der Waals surface area contributed by atoms with Gasteiger partial charge in [-0.15, -0.1) is 0 Å². The summed E-state index contributed by atoms with van der Waals surface area (Å²) in [5.41, 5.74) is 15.7. The summed E-state index contributed by atoms with van der Waals surface area (Å²) >= 11 is 0. The number of aryl methyl sites for hydroxylation is 14. The Hall–Kier alpha value is -11.5. The fourth-order valence-electron chi connectivity index (χ4n) is 7.23. The molecule has 36 heteroatoms. The predicted octanol–water partition coefficient (Wildman–Crippen LogP) is -2.13. The van der Waals surface area contributed by atoms with Crippen LogP contribution in [0.5, 0.6) is 0 Å². The standard InChI is InChI=1S/C11H17N3O2.C9H14N4O2.C9H14N2O2.C7H11N3O2.C6H9N3O.2C6H8N2O2.C5H6N2O2/c1-3-9(12)5-4-6-14-7-8(2)10(15)13-11(14)16;1-6-5-13(4-2-3-7(10)11)9(15)12-8(6)14;1-3-4-5-11-6-7(2)8(12)10-9(11)13;1-5-4-10(3-2-8)7(12)9-6(5)11;1-4-3-9(2)6(10)8-5(4)7;2*1-4-3-8(2)6(10)7-5(4)9;1-3-2-6-5(9)7-4(3)8/h7,12H,3-6H2,1-2H3,(H,13,15,16);5H,2-4H2,1H3,(H3,10,11)(H,12,14,15);6H,3-5H2,1-2H3,(H,10,12,13);4H,2-3,8H2,1H3,(H,9,11,12);3H,1-2H3,(H2,7,8,10);2*3H,1-2H3,(H,7,9,10);2H,1H3,(H2,6,7,8,9). The van der Waals surface area contributed by atoms with Crippen LogP contribution in [0.25, 0.3) is 0 Å². The summed E-state index contributed by atoms with van der Waals surface area (Å²) in [7, 11) is 4.82. The van der Waals surface area contributed by atoms with Crippen molar-refractivity contribution < 1.29 is 0 Å². The van der Waals surface area contributed by atoms with E-state index in [9.17, 15) is 71.9 Å². The number of aromatic amines is 8. The van der Waals surface area contributed by atoms with E-state index in [0.717, 1.165) is 31.2 Å². The topological polar surface area (TPSA) is 556 Å². The molecule has 0 aliphatic carbocycles. The minimum absolute atomic E-state index is 0.101. The molecule has 0 bridgehead atoms. The van der Waals surface area contributed by atoms with Crippen molar-refractivity contribution in [2.75, 3.05) is 12.3 Å². The summed E-state index contributed by atoms with van der Waals surface area (Å²) in [5.74, 6) is 0.410. The molecule has 0 aliphatic heterocycles. The Balaban J connectivity index is 0.000000547. The van der Waals surface area contributed by atoms with Crippen LogP contribution in [-0.2, 0) is 47.3 Å². The van der Waals surface area contributed by atoms with Crippen LogP contribution in [0.2, 0.25) is 0 Å². The molecule has 0 radical (unpaired) electrons. The van der Waals surface area contributed by atoms with Crippen molar-refractivity contribution in [3.63, 3.8) is 0 Å². The number of aromatic nitrogens is 16. The van der Waals surface area contributed by atoms with Crippen molar-refractivity contribution in [1.82, 2.24) is 76.8 Å². The lowest BCUT2D eigenvalue weighted by atomic mass is 10.2. The first-order valence-corrected chi connectivity index (χ1v) is 29.3. The average Bonchev–Trinajstić information content (AvgIpc) is 2.16. The lowest BCUT2D eigenvalue weighted by Crippen LogP contribution is -2.32. The lowest BCUT2D eigenvalue weighted by molar-refractivity contribution is 0.594. The molecule has 95 heavy (non-hydrogen) atoms. The highest BCUT2D eigenvalue weighted by molar-refractivity contribution is 5.80. The highest BCUT2D eigenvalue weighted by Gasteiger charge is 2.05. The zero-order valence-corrected chi connectivity index (χ0v) is 55.5. The van der Waals surface area contributed by atoms with Crippen molar-refractivity contribution in [1.29, 1.82) is 10.8 Å². The van der Waals surface area contributed by atoms with Gasteiger partial charge in [-0.1, -0.05) is 20.3 Å². The van der Waals surface area contributed by atoms with Crippen LogP contribution in [0, 0.1) is 66.2 Å². The number of nitrogens with zero attached hydrogens (tertiary/aromatic N) is 8. The number of amidine groups is 1. The van der Waals surface area contributed by atoms with Gasteiger partial charge in [-0.2, -0.15) is 4.98 Å². The maximum Gasteiger partial charge on any atom is 0.349 e. The molecule has 0 spiro atoms. The van der Waals surface area contributed by atoms with E-state index < -0.39 is 17.1 Å². The van der Waals surface area contributed by atoms with Crippen molar-refractivity contribution in [2.45, 2.75) is 140 Å². The summed E-state index contributed by atoms with van der Waals surface area (Å²) in [5, 5.41) is 14.5. The molecular weight excluding hydrogens is 1240 g/mol. The molecule has 0 amide bonds. The smallest absolute Gasteiger partial charge is 0.349 e. The summed E-state index contributed by atoms with van der Waals surface area (Å²) in [6.45, 7) is 19.9. The van der Waals surface area contributed by atoms with Gasteiger partial charge in [0.05, 0.1) is 5.84 Å². The maximum atomic E-state index is 11.4. The number of unbranched alkanes of at least 4 members (excludes halogenated alkanes) is 1. The third kappa shape index (κ3) is 29.6.